The van der Waals surface area contributed by atoms with Crippen molar-refractivity contribution in [1.29, 1.82) is 0 Å². The van der Waals surface area contributed by atoms with Crippen molar-refractivity contribution in [3.8, 4) is 11.5 Å². The van der Waals surface area contributed by atoms with Crippen LogP contribution < -0.4 is 0 Å². The maximum Gasteiger partial charge on any atom is 0.274 e. The van der Waals surface area contributed by atoms with Crippen molar-refractivity contribution in [3.63, 3.8) is 0 Å². The van der Waals surface area contributed by atoms with Crippen LogP contribution in [-0.2, 0) is 13.1 Å². The minimum atomic E-state index is -0.136. The number of aromatic nitrogens is 6. The average molecular weight is 380 g/mol. The molecule has 0 atom stereocenters. The number of pyridine rings is 2. The van der Waals surface area contributed by atoms with Crippen LogP contribution in [0, 0.1) is 0 Å². The fourth-order valence-corrected chi connectivity index (χ4v) is 3.40. The summed E-state index contributed by atoms with van der Waals surface area (Å²) in [5.74, 6) is 1.32. The first-order chi connectivity index (χ1) is 13.2. The van der Waals surface area contributed by atoms with E-state index in [2.05, 4.69) is 20.3 Å². The van der Waals surface area contributed by atoms with E-state index in [1.807, 2.05) is 28.8 Å². The Labute approximate surface area is 159 Å². The lowest BCUT2D eigenvalue weighted by Gasteiger charge is -2.27. The third-order valence-corrected chi connectivity index (χ3v) is 4.80. The van der Waals surface area contributed by atoms with Crippen LogP contribution in [0.25, 0.3) is 17.0 Å². The highest BCUT2D eigenvalue weighted by Gasteiger charge is 2.27. The molecule has 0 N–H and O–H groups in total. The molecule has 4 aromatic heterocycles. The summed E-state index contributed by atoms with van der Waals surface area (Å²) in [7, 11) is 0. The van der Waals surface area contributed by atoms with Gasteiger partial charge in [0.15, 0.2) is 17.3 Å². The summed E-state index contributed by atoms with van der Waals surface area (Å²) in [5, 5.41) is 13.4. The van der Waals surface area contributed by atoms with E-state index in [1.165, 1.54) is 0 Å². The molecular weight excluding hydrogens is 366 g/mol. The molecule has 5 heterocycles. The first-order valence-corrected chi connectivity index (χ1v) is 8.84. The molecule has 1 amide bonds. The van der Waals surface area contributed by atoms with Gasteiger partial charge in [0, 0.05) is 25.5 Å². The Morgan fingerprint density at radius 2 is 2.04 bits per heavy atom. The van der Waals surface area contributed by atoms with Crippen molar-refractivity contribution in [3.05, 3.63) is 65.3 Å². The number of fused-ring (bicyclic) bond motifs is 2. The maximum absolute atomic E-state index is 12.9. The Hall–Kier alpha value is -3.26. The van der Waals surface area contributed by atoms with Gasteiger partial charge in [0.2, 0.25) is 0 Å². The summed E-state index contributed by atoms with van der Waals surface area (Å²) < 4.78 is 3.62. The molecule has 5 rings (SSSR count). The zero-order chi connectivity index (χ0) is 18.4. The van der Waals surface area contributed by atoms with Crippen LogP contribution in [0.4, 0.5) is 0 Å². The monoisotopic (exact) mass is 379 g/mol. The van der Waals surface area contributed by atoms with E-state index in [0.29, 0.717) is 30.4 Å². The van der Waals surface area contributed by atoms with Crippen molar-refractivity contribution >= 4 is 23.0 Å². The normalized spacial score (nSPS) is 13.7. The molecule has 9 heteroatoms. The molecule has 0 aliphatic carbocycles. The van der Waals surface area contributed by atoms with Crippen molar-refractivity contribution in [1.82, 2.24) is 34.3 Å². The summed E-state index contributed by atoms with van der Waals surface area (Å²) in [6.07, 6.45) is 3.41. The molecule has 1 aliphatic heterocycles. The van der Waals surface area contributed by atoms with Crippen LogP contribution in [0.15, 0.2) is 48.8 Å². The van der Waals surface area contributed by atoms with Crippen molar-refractivity contribution in [2.75, 3.05) is 6.54 Å². The molecule has 1 aliphatic rings. The van der Waals surface area contributed by atoms with Gasteiger partial charge >= 0.3 is 0 Å². The molecule has 0 radical (unpaired) electrons. The Balaban J connectivity index is 1.42. The van der Waals surface area contributed by atoms with E-state index in [1.54, 1.807) is 33.9 Å². The van der Waals surface area contributed by atoms with E-state index in [-0.39, 0.29) is 5.91 Å². The molecule has 0 fully saturated rings. The summed E-state index contributed by atoms with van der Waals surface area (Å²) in [6.45, 7) is 1.55. The first-order valence-electron chi connectivity index (χ1n) is 8.47. The largest absolute Gasteiger partial charge is 0.328 e. The topological polar surface area (TPSA) is 81.2 Å². The van der Waals surface area contributed by atoms with Gasteiger partial charge in [0.1, 0.15) is 5.69 Å². The van der Waals surface area contributed by atoms with Gasteiger partial charge in [0.05, 0.1) is 17.1 Å². The molecule has 0 bridgehead atoms. The number of nitrogens with zero attached hydrogens (tertiary/aromatic N) is 7. The summed E-state index contributed by atoms with van der Waals surface area (Å²) in [6, 6.07) is 11.0. The zero-order valence-corrected chi connectivity index (χ0v) is 14.9. The highest BCUT2D eigenvalue weighted by atomic mass is 35.5. The van der Waals surface area contributed by atoms with Gasteiger partial charge in [0.25, 0.3) is 5.91 Å². The average Bonchev–Trinajstić information content (AvgIpc) is 3.31. The molecule has 134 valence electrons. The number of hydrogen-bond donors (Lipinski definition) is 0. The predicted molar refractivity (Wildman–Crippen MR) is 98.2 cm³/mol. The highest BCUT2D eigenvalue weighted by molar-refractivity contribution is 6.30. The Kier molecular flexibility index (Phi) is 3.64. The first kappa shape index (κ1) is 16.0. The Morgan fingerprint density at radius 1 is 1.11 bits per heavy atom. The molecule has 0 spiro atoms. The zero-order valence-electron chi connectivity index (χ0n) is 14.2. The van der Waals surface area contributed by atoms with Crippen molar-refractivity contribution in [2.24, 2.45) is 0 Å². The van der Waals surface area contributed by atoms with Gasteiger partial charge in [-0.25, -0.2) is 4.52 Å². The Morgan fingerprint density at radius 3 is 2.89 bits per heavy atom. The molecule has 0 saturated heterocycles. The van der Waals surface area contributed by atoms with Crippen LogP contribution in [-0.4, -0.2) is 46.7 Å². The molecule has 0 saturated carbocycles. The third kappa shape index (κ3) is 2.74. The quantitative estimate of drug-likeness (QED) is 0.533. The van der Waals surface area contributed by atoms with E-state index in [9.17, 15) is 4.79 Å². The second-order valence-corrected chi connectivity index (χ2v) is 6.72. The highest BCUT2D eigenvalue weighted by Crippen LogP contribution is 2.21. The lowest BCUT2D eigenvalue weighted by atomic mass is 10.2. The number of amides is 1. The summed E-state index contributed by atoms with van der Waals surface area (Å²) in [5.41, 5.74) is 1.98. The van der Waals surface area contributed by atoms with E-state index < -0.39 is 0 Å². The van der Waals surface area contributed by atoms with Crippen LogP contribution >= 0.6 is 11.6 Å². The SMILES string of the molecule is O=C(c1cc2ccc(Cl)cn2n1)N1CCn2c(nnc2-c2ccccn2)C1. The number of hydrogen-bond acceptors (Lipinski definition) is 5. The minimum Gasteiger partial charge on any atom is -0.328 e. The standard InChI is InChI=1S/C18H14ClN7O/c19-12-4-5-13-9-15(23-26(13)10-12)18(27)24-7-8-25-16(11-24)21-22-17(25)14-3-1-2-6-20-14/h1-6,9-10H,7-8,11H2. The number of rotatable bonds is 2. The number of halogens is 1. The lowest BCUT2D eigenvalue weighted by molar-refractivity contribution is 0.0701. The van der Waals surface area contributed by atoms with E-state index in [0.717, 1.165) is 22.9 Å². The van der Waals surface area contributed by atoms with E-state index in [4.69, 9.17) is 11.6 Å². The third-order valence-electron chi connectivity index (χ3n) is 4.58. The van der Waals surface area contributed by atoms with Crippen LogP contribution in [0.2, 0.25) is 5.02 Å². The second kappa shape index (κ2) is 6.17. The maximum atomic E-state index is 12.9. The van der Waals surface area contributed by atoms with Gasteiger partial charge < -0.3 is 9.47 Å². The van der Waals surface area contributed by atoms with Crippen LogP contribution in [0.1, 0.15) is 16.3 Å². The number of carbonyl (C=O) groups is 1. The molecule has 4 aromatic rings. The van der Waals surface area contributed by atoms with Crippen LogP contribution in [0.3, 0.4) is 0 Å². The Bertz CT molecular complexity index is 1150. The minimum absolute atomic E-state index is 0.136. The summed E-state index contributed by atoms with van der Waals surface area (Å²) in [4.78, 5) is 19.0. The molecule has 0 unspecified atom stereocenters. The van der Waals surface area contributed by atoms with Gasteiger partial charge in [-0.2, -0.15) is 5.10 Å². The van der Waals surface area contributed by atoms with Gasteiger partial charge in [-0.05, 0) is 30.3 Å². The molecule has 27 heavy (non-hydrogen) atoms. The summed E-state index contributed by atoms with van der Waals surface area (Å²) >= 11 is 5.99. The van der Waals surface area contributed by atoms with Gasteiger partial charge in [-0.15, -0.1) is 10.2 Å². The second-order valence-electron chi connectivity index (χ2n) is 6.28. The van der Waals surface area contributed by atoms with Gasteiger partial charge in [-0.3, -0.25) is 9.78 Å². The van der Waals surface area contributed by atoms with Gasteiger partial charge in [-0.1, -0.05) is 17.7 Å². The molecular formula is C18H14ClN7O. The predicted octanol–water partition coefficient (Wildman–Crippen LogP) is 2.30. The molecule has 0 aromatic carbocycles. The lowest BCUT2D eigenvalue weighted by Crippen LogP contribution is -2.38. The van der Waals surface area contributed by atoms with Crippen LogP contribution in [0.5, 0.6) is 0 Å². The number of carbonyl (C=O) groups excluding carboxylic acids is 1. The molecule has 8 nitrogen and oxygen atoms in total. The van der Waals surface area contributed by atoms with Crippen molar-refractivity contribution < 1.29 is 4.79 Å². The van der Waals surface area contributed by atoms with E-state index >= 15 is 0 Å². The smallest absolute Gasteiger partial charge is 0.274 e. The fraction of sp³-hybridized carbons (Fsp3) is 0.167. The van der Waals surface area contributed by atoms with Crippen molar-refractivity contribution in [2.45, 2.75) is 13.1 Å². The fourth-order valence-electron chi connectivity index (χ4n) is 3.24.